The lowest BCUT2D eigenvalue weighted by molar-refractivity contribution is 0.306. The number of oxazole rings is 1. The van der Waals surface area contributed by atoms with Crippen molar-refractivity contribution in [2.24, 2.45) is 0 Å². The van der Waals surface area contributed by atoms with Gasteiger partial charge in [-0.25, -0.2) is 4.98 Å². The Labute approximate surface area is 167 Å². The fourth-order valence-corrected chi connectivity index (χ4v) is 3.46. The highest BCUT2D eigenvalue weighted by Crippen LogP contribution is 2.29. The van der Waals surface area contributed by atoms with Crippen LogP contribution in [0, 0.1) is 13.8 Å². The fraction of sp³-hybridized carbons (Fsp3) is 0.136. The second-order valence-corrected chi connectivity index (χ2v) is 7.34. The zero-order valence-electron chi connectivity index (χ0n) is 14.9. The third-order valence-electron chi connectivity index (χ3n) is 4.33. The minimum atomic E-state index is 0.372. The maximum Gasteiger partial charge on any atom is 0.227 e. The molecule has 0 bridgehead atoms. The van der Waals surface area contributed by atoms with E-state index in [4.69, 9.17) is 32.4 Å². The molecule has 0 aliphatic heterocycles. The van der Waals surface area contributed by atoms with Gasteiger partial charge in [0.2, 0.25) is 5.89 Å². The van der Waals surface area contributed by atoms with E-state index >= 15 is 0 Å². The van der Waals surface area contributed by atoms with E-state index in [0.717, 1.165) is 33.5 Å². The number of hydrogen-bond donors (Lipinski definition) is 0. The van der Waals surface area contributed by atoms with Crippen LogP contribution in [0.5, 0.6) is 5.75 Å². The fourth-order valence-electron chi connectivity index (χ4n) is 2.99. The topological polar surface area (TPSA) is 35.3 Å². The minimum absolute atomic E-state index is 0.372. The molecule has 0 aliphatic rings. The van der Waals surface area contributed by atoms with E-state index in [1.807, 2.05) is 43.3 Å². The quantitative estimate of drug-likeness (QED) is 0.371. The summed E-state index contributed by atoms with van der Waals surface area (Å²) in [5, 5.41) is 1.20. The van der Waals surface area contributed by atoms with Gasteiger partial charge in [-0.05, 0) is 67.4 Å². The van der Waals surface area contributed by atoms with Crippen molar-refractivity contribution in [1.82, 2.24) is 4.98 Å². The molecule has 27 heavy (non-hydrogen) atoms. The standard InChI is InChI=1S/C22H17Cl2NO2/c1-13-9-14(2)21-20(10-13)25-22(27-21)15-4-7-18(8-5-15)26-12-16-3-6-17(23)11-19(16)24/h3-11H,12H2,1-2H3. The average molecular weight is 398 g/mol. The SMILES string of the molecule is Cc1cc(C)c2oc(-c3ccc(OCc4ccc(Cl)cc4Cl)cc3)nc2c1. The monoisotopic (exact) mass is 397 g/mol. The Kier molecular flexibility index (Phi) is 4.81. The summed E-state index contributed by atoms with van der Waals surface area (Å²) in [4.78, 5) is 4.61. The van der Waals surface area contributed by atoms with Crippen LogP contribution in [-0.2, 0) is 6.61 Å². The van der Waals surface area contributed by atoms with Gasteiger partial charge in [0.15, 0.2) is 5.58 Å². The number of nitrogens with zero attached hydrogens (tertiary/aromatic N) is 1. The van der Waals surface area contributed by atoms with Crippen molar-refractivity contribution in [3.05, 3.63) is 81.3 Å². The smallest absolute Gasteiger partial charge is 0.227 e. The van der Waals surface area contributed by atoms with Gasteiger partial charge in [0.1, 0.15) is 17.9 Å². The molecule has 3 nitrogen and oxygen atoms in total. The minimum Gasteiger partial charge on any atom is -0.489 e. The Morgan fingerprint density at radius 1 is 0.963 bits per heavy atom. The Morgan fingerprint density at radius 2 is 1.74 bits per heavy atom. The highest BCUT2D eigenvalue weighted by Gasteiger charge is 2.11. The maximum atomic E-state index is 6.18. The van der Waals surface area contributed by atoms with Gasteiger partial charge in [0.25, 0.3) is 0 Å². The number of ether oxygens (including phenoxy) is 1. The molecule has 136 valence electrons. The number of hydrogen-bond acceptors (Lipinski definition) is 3. The van der Waals surface area contributed by atoms with E-state index in [1.165, 1.54) is 5.56 Å². The second kappa shape index (κ2) is 7.26. The summed E-state index contributed by atoms with van der Waals surface area (Å²) in [6.45, 7) is 4.46. The molecule has 0 N–H and O–H groups in total. The van der Waals surface area contributed by atoms with E-state index in [9.17, 15) is 0 Å². The van der Waals surface area contributed by atoms with Crippen LogP contribution in [0.3, 0.4) is 0 Å². The molecule has 0 atom stereocenters. The molecule has 1 aromatic heterocycles. The van der Waals surface area contributed by atoms with Gasteiger partial charge in [-0.1, -0.05) is 35.3 Å². The van der Waals surface area contributed by atoms with Gasteiger partial charge in [0.05, 0.1) is 0 Å². The third-order valence-corrected chi connectivity index (χ3v) is 4.92. The zero-order chi connectivity index (χ0) is 19.0. The van der Waals surface area contributed by atoms with Gasteiger partial charge in [-0.2, -0.15) is 0 Å². The number of halogens is 2. The van der Waals surface area contributed by atoms with Crippen LogP contribution in [-0.4, -0.2) is 4.98 Å². The first-order chi connectivity index (χ1) is 13.0. The van der Waals surface area contributed by atoms with Crippen LogP contribution in [0.4, 0.5) is 0 Å². The van der Waals surface area contributed by atoms with Crippen molar-refractivity contribution in [2.45, 2.75) is 20.5 Å². The van der Waals surface area contributed by atoms with Crippen molar-refractivity contribution in [3.8, 4) is 17.2 Å². The highest BCUT2D eigenvalue weighted by molar-refractivity contribution is 6.35. The summed E-state index contributed by atoms with van der Waals surface area (Å²) < 4.78 is 11.8. The Morgan fingerprint density at radius 3 is 2.48 bits per heavy atom. The van der Waals surface area contributed by atoms with Crippen LogP contribution < -0.4 is 4.74 Å². The van der Waals surface area contributed by atoms with Crippen LogP contribution in [0.1, 0.15) is 16.7 Å². The number of rotatable bonds is 4. The lowest BCUT2D eigenvalue weighted by Gasteiger charge is -2.08. The van der Waals surface area contributed by atoms with Crippen LogP contribution in [0.25, 0.3) is 22.6 Å². The van der Waals surface area contributed by atoms with Crippen LogP contribution in [0.15, 0.2) is 59.0 Å². The number of benzene rings is 3. The predicted octanol–water partition coefficient (Wildman–Crippen LogP) is 7.00. The molecule has 3 aromatic carbocycles. The Bertz CT molecular complexity index is 1120. The van der Waals surface area contributed by atoms with Crippen molar-refractivity contribution >= 4 is 34.3 Å². The van der Waals surface area contributed by atoms with E-state index < -0.39 is 0 Å². The van der Waals surface area contributed by atoms with Crippen LogP contribution in [0.2, 0.25) is 10.0 Å². The molecule has 0 aliphatic carbocycles. The first-order valence-electron chi connectivity index (χ1n) is 8.54. The highest BCUT2D eigenvalue weighted by atomic mass is 35.5. The number of aromatic nitrogens is 1. The van der Waals surface area contributed by atoms with Crippen molar-refractivity contribution < 1.29 is 9.15 Å². The van der Waals surface area contributed by atoms with Gasteiger partial charge in [-0.3, -0.25) is 0 Å². The van der Waals surface area contributed by atoms with E-state index in [2.05, 4.69) is 18.0 Å². The molecule has 4 rings (SSSR count). The summed E-state index contributed by atoms with van der Waals surface area (Å²) >= 11 is 12.1. The van der Waals surface area contributed by atoms with Gasteiger partial charge < -0.3 is 9.15 Å². The second-order valence-electron chi connectivity index (χ2n) is 6.50. The van der Waals surface area contributed by atoms with Crippen molar-refractivity contribution in [1.29, 1.82) is 0 Å². The average Bonchev–Trinajstić information content (AvgIpc) is 3.06. The molecule has 5 heteroatoms. The van der Waals surface area contributed by atoms with Gasteiger partial charge >= 0.3 is 0 Å². The van der Waals surface area contributed by atoms with E-state index in [0.29, 0.717) is 22.5 Å². The first-order valence-corrected chi connectivity index (χ1v) is 9.30. The van der Waals surface area contributed by atoms with E-state index in [-0.39, 0.29) is 0 Å². The van der Waals surface area contributed by atoms with Crippen molar-refractivity contribution in [3.63, 3.8) is 0 Å². The lowest BCUT2D eigenvalue weighted by atomic mass is 10.1. The summed E-state index contributed by atoms with van der Waals surface area (Å²) in [5.41, 5.74) is 5.75. The van der Waals surface area contributed by atoms with Crippen molar-refractivity contribution in [2.75, 3.05) is 0 Å². The molecule has 0 unspecified atom stereocenters. The van der Waals surface area contributed by atoms with Gasteiger partial charge in [-0.15, -0.1) is 0 Å². The third kappa shape index (κ3) is 3.80. The number of aryl methyl sites for hydroxylation is 2. The molecule has 0 radical (unpaired) electrons. The number of fused-ring (bicyclic) bond motifs is 1. The molecule has 0 spiro atoms. The molecule has 4 aromatic rings. The Balaban J connectivity index is 1.53. The predicted molar refractivity (Wildman–Crippen MR) is 110 cm³/mol. The molecule has 0 amide bonds. The summed E-state index contributed by atoms with van der Waals surface area (Å²) in [6.07, 6.45) is 0. The molecular formula is C22H17Cl2NO2. The van der Waals surface area contributed by atoms with E-state index in [1.54, 1.807) is 12.1 Å². The summed E-state index contributed by atoms with van der Waals surface area (Å²) in [6, 6.07) is 17.2. The molecule has 1 heterocycles. The molecular weight excluding hydrogens is 381 g/mol. The van der Waals surface area contributed by atoms with Gasteiger partial charge in [0, 0.05) is 21.2 Å². The lowest BCUT2D eigenvalue weighted by Crippen LogP contribution is -1.96. The zero-order valence-corrected chi connectivity index (χ0v) is 16.4. The maximum absolute atomic E-state index is 6.18. The normalized spacial score (nSPS) is 11.1. The largest absolute Gasteiger partial charge is 0.489 e. The molecule has 0 fully saturated rings. The van der Waals surface area contributed by atoms with Crippen LogP contribution >= 0.6 is 23.2 Å². The molecule has 0 saturated carbocycles. The first kappa shape index (κ1) is 17.9. The summed E-state index contributed by atoms with van der Waals surface area (Å²) in [5.74, 6) is 1.35. The summed E-state index contributed by atoms with van der Waals surface area (Å²) in [7, 11) is 0. The molecule has 0 saturated heterocycles. The Hall–Kier alpha value is -2.49.